The van der Waals surface area contributed by atoms with Crippen molar-refractivity contribution in [1.82, 2.24) is 16.0 Å². The summed E-state index contributed by atoms with van der Waals surface area (Å²) >= 11 is 0. The van der Waals surface area contributed by atoms with Gasteiger partial charge in [0.25, 0.3) is 0 Å². The molecule has 0 saturated carbocycles. The molecule has 0 spiro atoms. The molecule has 4 atom stereocenters. The summed E-state index contributed by atoms with van der Waals surface area (Å²) in [6, 6.07) is 3.93. The van der Waals surface area contributed by atoms with Gasteiger partial charge in [0.2, 0.25) is 17.7 Å². The highest BCUT2D eigenvalue weighted by Gasteiger charge is 2.29. The standard InChI is InChI=1S/C20H28N4O8/c1-11(22-18(29)13(21)9-12-5-3-2-4-6-12)17(28)23-14(7-8-16(26)27)19(30)24-15(10-25)20(31)32/h2-6,11,13-15,25H,7-10,21H2,1H3,(H,22,29)(H,23,28)(H,24,30)(H,26,27)(H,31,32). The fourth-order valence-electron chi connectivity index (χ4n) is 2.64. The van der Waals surface area contributed by atoms with Crippen LogP contribution in [0.3, 0.4) is 0 Å². The van der Waals surface area contributed by atoms with E-state index in [9.17, 15) is 24.0 Å². The number of hydrogen-bond acceptors (Lipinski definition) is 7. The second-order valence-electron chi connectivity index (χ2n) is 7.10. The summed E-state index contributed by atoms with van der Waals surface area (Å²) in [5, 5.41) is 33.6. The highest BCUT2D eigenvalue weighted by Crippen LogP contribution is 2.03. The number of carboxylic acid groups (broad SMARTS) is 2. The zero-order valence-electron chi connectivity index (χ0n) is 17.5. The second kappa shape index (κ2) is 13.0. The maximum Gasteiger partial charge on any atom is 0.328 e. The second-order valence-corrected chi connectivity index (χ2v) is 7.10. The summed E-state index contributed by atoms with van der Waals surface area (Å²) < 4.78 is 0. The van der Waals surface area contributed by atoms with Gasteiger partial charge in [0.15, 0.2) is 0 Å². The van der Waals surface area contributed by atoms with Crippen molar-refractivity contribution in [3.63, 3.8) is 0 Å². The Balaban J connectivity index is 2.73. The first kappa shape index (κ1) is 26.5. The SMILES string of the molecule is CC(NC(=O)C(N)Cc1ccccc1)C(=O)NC(CCC(=O)O)C(=O)NC(CO)C(=O)O. The molecule has 176 valence electrons. The number of amides is 3. The Labute approximate surface area is 184 Å². The van der Waals surface area contributed by atoms with Crippen molar-refractivity contribution in [3.05, 3.63) is 35.9 Å². The van der Waals surface area contributed by atoms with Gasteiger partial charge in [-0.05, 0) is 25.3 Å². The van der Waals surface area contributed by atoms with E-state index in [1.807, 2.05) is 11.4 Å². The summed E-state index contributed by atoms with van der Waals surface area (Å²) in [6.45, 7) is 0.453. The number of carboxylic acids is 2. The van der Waals surface area contributed by atoms with Crippen molar-refractivity contribution in [2.24, 2.45) is 5.73 Å². The molecule has 0 bridgehead atoms. The summed E-state index contributed by atoms with van der Waals surface area (Å²) in [5.41, 5.74) is 6.70. The van der Waals surface area contributed by atoms with Gasteiger partial charge in [-0.15, -0.1) is 0 Å². The monoisotopic (exact) mass is 452 g/mol. The molecule has 12 nitrogen and oxygen atoms in total. The minimum atomic E-state index is -1.63. The number of benzene rings is 1. The first-order valence-corrected chi connectivity index (χ1v) is 9.81. The average molecular weight is 452 g/mol. The fourth-order valence-corrected chi connectivity index (χ4v) is 2.64. The number of carbonyl (C=O) groups is 5. The number of aliphatic hydroxyl groups is 1. The Bertz CT molecular complexity index is 817. The van der Waals surface area contributed by atoms with Gasteiger partial charge in [-0.25, -0.2) is 4.79 Å². The molecular weight excluding hydrogens is 424 g/mol. The molecule has 1 aromatic carbocycles. The molecule has 8 N–H and O–H groups in total. The third-order valence-corrected chi connectivity index (χ3v) is 4.46. The van der Waals surface area contributed by atoms with Crippen LogP contribution in [-0.2, 0) is 30.4 Å². The highest BCUT2D eigenvalue weighted by atomic mass is 16.4. The van der Waals surface area contributed by atoms with Crippen LogP contribution in [-0.4, -0.2) is 75.8 Å². The van der Waals surface area contributed by atoms with E-state index in [1.54, 1.807) is 24.3 Å². The zero-order valence-corrected chi connectivity index (χ0v) is 17.5. The minimum absolute atomic E-state index is 0.238. The topological polar surface area (TPSA) is 208 Å². The van der Waals surface area contributed by atoms with Crippen LogP contribution >= 0.6 is 0 Å². The molecule has 0 radical (unpaired) electrons. The summed E-state index contributed by atoms with van der Waals surface area (Å²) in [6.07, 6.45) is -0.584. The predicted molar refractivity (Wildman–Crippen MR) is 111 cm³/mol. The van der Waals surface area contributed by atoms with Gasteiger partial charge in [0, 0.05) is 6.42 Å². The lowest BCUT2D eigenvalue weighted by molar-refractivity contribution is -0.144. The minimum Gasteiger partial charge on any atom is -0.481 e. The van der Waals surface area contributed by atoms with Crippen molar-refractivity contribution in [2.45, 2.75) is 50.4 Å². The fraction of sp³-hybridized carbons (Fsp3) is 0.450. The maximum absolute atomic E-state index is 12.4. The Morgan fingerprint density at radius 3 is 2.03 bits per heavy atom. The first-order valence-electron chi connectivity index (χ1n) is 9.81. The third kappa shape index (κ3) is 9.10. The zero-order chi connectivity index (χ0) is 24.3. The quantitative estimate of drug-likeness (QED) is 0.176. The van der Waals surface area contributed by atoms with Gasteiger partial charge in [-0.3, -0.25) is 19.2 Å². The van der Waals surface area contributed by atoms with E-state index in [4.69, 9.17) is 21.1 Å². The molecule has 0 aliphatic rings. The predicted octanol–water partition coefficient (Wildman–Crippen LogP) is -2.03. The third-order valence-electron chi connectivity index (χ3n) is 4.46. The number of aliphatic hydroxyl groups excluding tert-OH is 1. The lowest BCUT2D eigenvalue weighted by Gasteiger charge is -2.23. The molecule has 0 saturated heterocycles. The Kier molecular flexibility index (Phi) is 10.8. The normalized spacial score (nSPS) is 14.3. The van der Waals surface area contributed by atoms with Crippen LogP contribution < -0.4 is 21.7 Å². The van der Waals surface area contributed by atoms with Crippen molar-refractivity contribution in [1.29, 1.82) is 0 Å². The molecule has 0 aliphatic carbocycles. The Morgan fingerprint density at radius 1 is 0.906 bits per heavy atom. The van der Waals surface area contributed by atoms with E-state index in [2.05, 4.69) is 10.6 Å². The number of nitrogens with one attached hydrogen (secondary N) is 3. The number of carbonyl (C=O) groups excluding carboxylic acids is 3. The molecule has 4 unspecified atom stereocenters. The van der Waals surface area contributed by atoms with Crippen LogP contribution in [0.15, 0.2) is 30.3 Å². The molecule has 12 heteroatoms. The first-order chi connectivity index (χ1) is 15.0. The molecule has 1 aromatic rings. The maximum atomic E-state index is 12.4. The van der Waals surface area contributed by atoms with Crippen LogP contribution in [0.25, 0.3) is 0 Å². The number of nitrogens with two attached hydrogens (primary N) is 1. The molecular formula is C20H28N4O8. The van der Waals surface area contributed by atoms with Crippen LogP contribution in [0.4, 0.5) is 0 Å². The number of rotatable bonds is 13. The van der Waals surface area contributed by atoms with Crippen molar-refractivity contribution in [2.75, 3.05) is 6.61 Å². The van der Waals surface area contributed by atoms with Gasteiger partial charge in [0.05, 0.1) is 12.6 Å². The largest absolute Gasteiger partial charge is 0.481 e. The molecule has 1 rings (SSSR count). The lowest BCUT2D eigenvalue weighted by atomic mass is 10.1. The summed E-state index contributed by atoms with van der Waals surface area (Å²) in [5.74, 6) is -5.12. The molecule has 0 heterocycles. The van der Waals surface area contributed by atoms with E-state index in [0.29, 0.717) is 0 Å². The van der Waals surface area contributed by atoms with Gasteiger partial charge in [-0.1, -0.05) is 30.3 Å². The van der Waals surface area contributed by atoms with Crippen molar-refractivity contribution >= 4 is 29.7 Å². The molecule has 32 heavy (non-hydrogen) atoms. The molecule has 0 aromatic heterocycles. The van der Waals surface area contributed by atoms with E-state index in [-0.39, 0.29) is 12.8 Å². The molecule has 0 aliphatic heterocycles. The van der Waals surface area contributed by atoms with E-state index < -0.39 is 66.9 Å². The summed E-state index contributed by atoms with van der Waals surface area (Å²) in [4.78, 5) is 58.9. The van der Waals surface area contributed by atoms with Crippen LogP contribution in [0.2, 0.25) is 0 Å². The van der Waals surface area contributed by atoms with Crippen molar-refractivity contribution < 1.29 is 39.3 Å². The Hall–Kier alpha value is -3.51. The van der Waals surface area contributed by atoms with Crippen LogP contribution in [0.1, 0.15) is 25.3 Å². The van der Waals surface area contributed by atoms with Crippen molar-refractivity contribution in [3.8, 4) is 0 Å². The van der Waals surface area contributed by atoms with E-state index >= 15 is 0 Å². The smallest absolute Gasteiger partial charge is 0.328 e. The number of hydrogen-bond donors (Lipinski definition) is 7. The van der Waals surface area contributed by atoms with E-state index in [0.717, 1.165) is 5.56 Å². The van der Waals surface area contributed by atoms with Gasteiger partial charge in [-0.2, -0.15) is 0 Å². The van der Waals surface area contributed by atoms with Gasteiger partial charge < -0.3 is 37.0 Å². The van der Waals surface area contributed by atoms with Gasteiger partial charge in [0.1, 0.15) is 18.1 Å². The average Bonchev–Trinajstić information content (AvgIpc) is 2.74. The van der Waals surface area contributed by atoms with Gasteiger partial charge >= 0.3 is 11.9 Å². The Morgan fingerprint density at radius 2 is 1.50 bits per heavy atom. The van der Waals surface area contributed by atoms with Crippen LogP contribution in [0.5, 0.6) is 0 Å². The molecule has 3 amide bonds. The highest BCUT2D eigenvalue weighted by molar-refractivity contribution is 5.94. The van der Waals surface area contributed by atoms with Crippen LogP contribution in [0, 0.1) is 0 Å². The summed E-state index contributed by atoms with van der Waals surface area (Å²) in [7, 11) is 0. The molecule has 0 fully saturated rings. The lowest BCUT2D eigenvalue weighted by Crippen LogP contribution is -2.57. The number of aliphatic carboxylic acids is 2. The van der Waals surface area contributed by atoms with E-state index in [1.165, 1.54) is 6.92 Å².